The monoisotopic (exact) mass is 415 g/mol. The molecule has 2 N–H and O–H groups in total. The number of furan rings is 1. The number of carbonyl (C=O) groups is 3. The summed E-state index contributed by atoms with van der Waals surface area (Å²) in [6.45, 7) is 3.93. The molecule has 1 unspecified atom stereocenters. The molecule has 0 aliphatic carbocycles. The van der Waals surface area contributed by atoms with Crippen molar-refractivity contribution in [1.29, 1.82) is 0 Å². The van der Waals surface area contributed by atoms with E-state index in [0.29, 0.717) is 43.4 Å². The van der Waals surface area contributed by atoms with Crippen LogP contribution in [0.5, 0.6) is 5.75 Å². The molecule has 1 aliphatic heterocycles. The molecule has 9 heteroatoms. The van der Waals surface area contributed by atoms with Gasteiger partial charge in [-0.05, 0) is 37.3 Å². The number of benzene rings is 1. The largest absolute Gasteiger partial charge is 0.491 e. The number of likely N-dealkylation sites (tertiary alicyclic amines) is 1. The number of carbonyl (C=O) groups excluding carboxylic acids is 3. The van der Waals surface area contributed by atoms with Gasteiger partial charge in [0.2, 0.25) is 11.8 Å². The fourth-order valence-corrected chi connectivity index (χ4v) is 3.07. The number of amides is 3. The highest BCUT2D eigenvalue weighted by molar-refractivity contribution is 5.96. The molecule has 1 saturated heterocycles. The minimum Gasteiger partial charge on any atom is -0.491 e. The van der Waals surface area contributed by atoms with Gasteiger partial charge in [0.1, 0.15) is 18.1 Å². The van der Waals surface area contributed by atoms with Gasteiger partial charge >= 0.3 is 0 Å². The molecule has 1 fully saturated rings. The highest BCUT2D eigenvalue weighted by Crippen LogP contribution is 2.20. The lowest BCUT2D eigenvalue weighted by molar-refractivity contribution is -0.129. The van der Waals surface area contributed by atoms with Gasteiger partial charge in [-0.25, -0.2) is 0 Å². The van der Waals surface area contributed by atoms with Crippen molar-refractivity contribution in [2.75, 3.05) is 26.4 Å². The van der Waals surface area contributed by atoms with Crippen LogP contribution in [0.25, 0.3) is 0 Å². The molecule has 2 heterocycles. The molecule has 3 rings (SSSR count). The third-order valence-corrected chi connectivity index (χ3v) is 4.61. The third kappa shape index (κ3) is 5.84. The first kappa shape index (κ1) is 21.4. The standard InChI is InChI=1S/C21H25N3O6/c1-2-28-9-10-30-17-6-3-5-15(11-17)20(26)22-23-21(27)16-12-19(25)24(13-16)14-18-7-4-8-29-18/h3-8,11,16H,2,9-10,12-14H2,1H3,(H,22,26)(H,23,27). The first-order valence-corrected chi connectivity index (χ1v) is 9.77. The average Bonchev–Trinajstić information content (AvgIpc) is 3.40. The van der Waals surface area contributed by atoms with Crippen LogP contribution in [0.15, 0.2) is 47.1 Å². The van der Waals surface area contributed by atoms with Crippen LogP contribution < -0.4 is 15.6 Å². The predicted molar refractivity (Wildman–Crippen MR) is 106 cm³/mol. The zero-order valence-electron chi connectivity index (χ0n) is 16.8. The Morgan fingerprint density at radius 1 is 1.20 bits per heavy atom. The molecular weight excluding hydrogens is 390 g/mol. The van der Waals surface area contributed by atoms with E-state index in [9.17, 15) is 14.4 Å². The lowest BCUT2D eigenvalue weighted by Crippen LogP contribution is -2.45. The number of hydrogen-bond donors (Lipinski definition) is 2. The van der Waals surface area contributed by atoms with Crippen LogP contribution in [0.3, 0.4) is 0 Å². The number of nitrogens with one attached hydrogen (secondary N) is 2. The second-order valence-electron chi connectivity index (χ2n) is 6.77. The van der Waals surface area contributed by atoms with E-state index in [1.165, 1.54) is 6.26 Å². The van der Waals surface area contributed by atoms with Crippen LogP contribution in [-0.4, -0.2) is 49.0 Å². The lowest BCUT2D eigenvalue weighted by Gasteiger charge is -2.15. The molecule has 0 radical (unpaired) electrons. The molecule has 3 amide bonds. The van der Waals surface area contributed by atoms with Crippen molar-refractivity contribution in [2.45, 2.75) is 19.9 Å². The number of ether oxygens (including phenoxy) is 2. The quantitative estimate of drug-likeness (QED) is 0.475. The van der Waals surface area contributed by atoms with Crippen molar-refractivity contribution in [3.63, 3.8) is 0 Å². The van der Waals surface area contributed by atoms with Gasteiger partial charge in [0.15, 0.2) is 0 Å². The minimum atomic E-state index is -0.541. The van der Waals surface area contributed by atoms with E-state index in [1.54, 1.807) is 41.3 Å². The molecule has 30 heavy (non-hydrogen) atoms. The summed E-state index contributed by atoms with van der Waals surface area (Å²) in [5.74, 6) is -0.376. The summed E-state index contributed by atoms with van der Waals surface area (Å²) in [6, 6.07) is 10.1. The van der Waals surface area contributed by atoms with E-state index < -0.39 is 17.7 Å². The maximum Gasteiger partial charge on any atom is 0.269 e. The van der Waals surface area contributed by atoms with Crippen LogP contribution in [0, 0.1) is 5.92 Å². The number of rotatable bonds is 9. The Hall–Kier alpha value is -3.33. The first-order valence-electron chi connectivity index (χ1n) is 9.77. The Balaban J connectivity index is 1.46. The molecule has 1 aliphatic rings. The summed E-state index contributed by atoms with van der Waals surface area (Å²) in [5, 5.41) is 0. The Kier molecular flexibility index (Phi) is 7.45. The van der Waals surface area contributed by atoms with Crippen LogP contribution >= 0.6 is 0 Å². The lowest BCUT2D eigenvalue weighted by atomic mass is 10.1. The molecule has 0 saturated carbocycles. The number of hydrazine groups is 1. The zero-order chi connectivity index (χ0) is 21.3. The predicted octanol–water partition coefficient (Wildman–Crippen LogP) is 1.50. The summed E-state index contributed by atoms with van der Waals surface area (Å²) in [7, 11) is 0. The van der Waals surface area contributed by atoms with Crippen molar-refractivity contribution >= 4 is 17.7 Å². The van der Waals surface area contributed by atoms with E-state index in [1.807, 2.05) is 6.92 Å². The fraction of sp³-hybridized carbons (Fsp3) is 0.381. The molecule has 0 bridgehead atoms. The second-order valence-corrected chi connectivity index (χ2v) is 6.77. The summed E-state index contributed by atoms with van der Waals surface area (Å²) in [5.41, 5.74) is 5.13. The van der Waals surface area contributed by atoms with E-state index in [2.05, 4.69) is 10.9 Å². The Morgan fingerprint density at radius 2 is 2.07 bits per heavy atom. The molecule has 0 spiro atoms. The van der Waals surface area contributed by atoms with E-state index in [0.717, 1.165) is 0 Å². The SMILES string of the molecule is CCOCCOc1cccc(C(=O)NNC(=O)C2CC(=O)N(Cc3ccco3)C2)c1. The third-order valence-electron chi connectivity index (χ3n) is 4.61. The van der Waals surface area contributed by atoms with Gasteiger partial charge < -0.3 is 18.8 Å². The Morgan fingerprint density at radius 3 is 2.83 bits per heavy atom. The van der Waals surface area contributed by atoms with E-state index >= 15 is 0 Å². The summed E-state index contributed by atoms with van der Waals surface area (Å²) in [6.07, 6.45) is 1.63. The first-order chi connectivity index (χ1) is 14.6. The number of nitrogens with zero attached hydrogens (tertiary/aromatic N) is 1. The normalized spacial score (nSPS) is 15.8. The molecule has 1 aromatic carbocycles. The fourth-order valence-electron chi connectivity index (χ4n) is 3.07. The van der Waals surface area contributed by atoms with Gasteiger partial charge in [0, 0.05) is 25.1 Å². The average molecular weight is 415 g/mol. The molecule has 9 nitrogen and oxygen atoms in total. The summed E-state index contributed by atoms with van der Waals surface area (Å²) in [4.78, 5) is 38.4. The highest BCUT2D eigenvalue weighted by Gasteiger charge is 2.34. The Labute approximate surface area is 174 Å². The summed E-state index contributed by atoms with van der Waals surface area (Å²) >= 11 is 0. The van der Waals surface area contributed by atoms with Crippen molar-refractivity contribution in [3.05, 3.63) is 54.0 Å². The maximum absolute atomic E-state index is 12.4. The molecule has 160 valence electrons. The molecule has 1 aromatic heterocycles. The van der Waals surface area contributed by atoms with Crippen LogP contribution in [0.4, 0.5) is 0 Å². The van der Waals surface area contributed by atoms with Crippen molar-refractivity contribution in [3.8, 4) is 5.75 Å². The van der Waals surface area contributed by atoms with Gasteiger partial charge in [-0.3, -0.25) is 25.2 Å². The van der Waals surface area contributed by atoms with Crippen molar-refractivity contribution in [1.82, 2.24) is 15.8 Å². The smallest absolute Gasteiger partial charge is 0.269 e. The second kappa shape index (κ2) is 10.4. The molecular formula is C21H25N3O6. The van der Waals surface area contributed by atoms with Crippen LogP contribution in [0.2, 0.25) is 0 Å². The zero-order valence-corrected chi connectivity index (χ0v) is 16.8. The topological polar surface area (TPSA) is 110 Å². The van der Waals surface area contributed by atoms with Gasteiger partial charge in [-0.1, -0.05) is 6.07 Å². The van der Waals surface area contributed by atoms with Gasteiger partial charge in [0.05, 0.1) is 25.3 Å². The maximum atomic E-state index is 12.4. The number of hydrogen-bond acceptors (Lipinski definition) is 6. The van der Waals surface area contributed by atoms with Crippen molar-refractivity contribution < 1.29 is 28.3 Å². The van der Waals surface area contributed by atoms with E-state index in [-0.39, 0.29) is 18.9 Å². The van der Waals surface area contributed by atoms with E-state index in [4.69, 9.17) is 13.9 Å². The van der Waals surface area contributed by atoms with Crippen LogP contribution in [-0.2, 0) is 20.9 Å². The highest BCUT2D eigenvalue weighted by atomic mass is 16.5. The van der Waals surface area contributed by atoms with Crippen molar-refractivity contribution in [2.24, 2.45) is 5.92 Å². The summed E-state index contributed by atoms with van der Waals surface area (Å²) < 4.78 is 16.0. The molecule has 1 atom stereocenters. The molecule has 2 aromatic rings. The minimum absolute atomic E-state index is 0.0889. The van der Waals surface area contributed by atoms with Gasteiger partial charge in [-0.15, -0.1) is 0 Å². The van der Waals surface area contributed by atoms with Gasteiger partial charge in [0.25, 0.3) is 5.91 Å². The van der Waals surface area contributed by atoms with Crippen LogP contribution in [0.1, 0.15) is 29.5 Å². The van der Waals surface area contributed by atoms with Gasteiger partial charge in [-0.2, -0.15) is 0 Å². The Bertz CT molecular complexity index is 867.